The highest BCUT2D eigenvalue weighted by Crippen LogP contribution is 2.24. The monoisotopic (exact) mass is 268 g/mol. The van der Waals surface area contributed by atoms with Crippen molar-refractivity contribution in [2.45, 2.75) is 52.2 Å². The van der Waals surface area contributed by atoms with Gasteiger partial charge in [-0.05, 0) is 33.2 Å². The molecule has 4 heteroatoms. The van der Waals surface area contributed by atoms with E-state index in [0.717, 1.165) is 24.6 Å². The number of aryl methyl sites for hydroxylation is 1. The van der Waals surface area contributed by atoms with E-state index in [0.29, 0.717) is 18.1 Å². The summed E-state index contributed by atoms with van der Waals surface area (Å²) in [5.41, 5.74) is 1.23. The summed E-state index contributed by atoms with van der Waals surface area (Å²) in [6.45, 7) is 8.43. The van der Waals surface area contributed by atoms with E-state index >= 15 is 0 Å². The quantitative estimate of drug-likeness (QED) is 0.861. The normalized spacial score (nSPS) is 25.5. The lowest BCUT2D eigenvalue weighted by Crippen LogP contribution is -2.39. The Morgan fingerprint density at radius 3 is 3.00 bits per heavy atom. The molecule has 1 N–H and O–H groups in total. The summed E-state index contributed by atoms with van der Waals surface area (Å²) >= 11 is 1.74. The van der Waals surface area contributed by atoms with Crippen molar-refractivity contribution < 1.29 is 4.74 Å². The van der Waals surface area contributed by atoms with E-state index in [2.05, 4.69) is 36.5 Å². The fraction of sp³-hybridized carbons (Fsp3) is 0.786. The summed E-state index contributed by atoms with van der Waals surface area (Å²) in [6, 6.07) is 0.511. The maximum Gasteiger partial charge on any atom is 0.0897 e. The second-order valence-corrected chi connectivity index (χ2v) is 6.32. The maximum atomic E-state index is 5.71. The summed E-state index contributed by atoms with van der Waals surface area (Å²) < 4.78 is 5.71. The Labute approximate surface area is 114 Å². The maximum absolute atomic E-state index is 5.71. The fourth-order valence-corrected chi connectivity index (χ4v) is 3.22. The molecule has 1 aromatic rings. The molecule has 1 aliphatic heterocycles. The molecule has 3 nitrogen and oxygen atoms in total. The van der Waals surface area contributed by atoms with Gasteiger partial charge in [0.15, 0.2) is 0 Å². The molecule has 1 fully saturated rings. The summed E-state index contributed by atoms with van der Waals surface area (Å²) in [7, 11) is 0. The second-order valence-electron chi connectivity index (χ2n) is 5.26. The molecule has 0 aromatic carbocycles. The summed E-state index contributed by atoms with van der Waals surface area (Å²) in [5.74, 6) is 0.633. The number of aromatic nitrogens is 1. The average Bonchev–Trinajstić information content (AvgIpc) is 2.93. The molecule has 3 atom stereocenters. The standard InChI is InChI=1S/C14H24N2OS/c1-4-5-15-14(12-6-10(2)17-8-12)7-13-9-18-11(3)16-13/h9-10,12,14-15H,4-8H2,1-3H3. The number of rotatable bonds is 6. The van der Waals surface area contributed by atoms with Crippen LogP contribution in [0.2, 0.25) is 0 Å². The van der Waals surface area contributed by atoms with Crippen LogP contribution in [-0.2, 0) is 11.2 Å². The third-order valence-corrected chi connectivity index (χ3v) is 4.37. The molecule has 0 aliphatic carbocycles. The lowest BCUT2D eigenvalue weighted by atomic mass is 9.93. The minimum Gasteiger partial charge on any atom is -0.378 e. The zero-order valence-electron chi connectivity index (χ0n) is 11.6. The van der Waals surface area contributed by atoms with Crippen molar-refractivity contribution in [1.29, 1.82) is 0 Å². The summed E-state index contributed by atoms with van der Waals surface area (Å²) in [4.78, 5) is 4.59. The SMILES string of the molecule is CCCNC(Cc1csc(C)n1)C1COC(C)C1. The first-order valence-electron chi connectivity index (χ1n) is 6.95. The first-order chi connectivity index (χ1) is 8.69. The molecule has 0 spiro atoms. The van der Waals surface area contributed by atoms with E-state index in [4.69, 9.17) is 4.74 Å². The van der Waals surface area contributed by atoms with Crippen molar-refractivity contribution in [1.82, 2.24) is 10.3 Å². The van der Waals surface area contributed by atoms with Crippen LogP contribution in [0, 0.1) is 12.8 Å². The van der Waals surface area contributed by atoms with Crippen LogP contribution in [-0.4, -0.2) is 30.3 Å². The van der Waals surface area contributed by atoms with Crippen molar-refractivity contribution >= 4 is 11.3 Å². The Kier molecular flexibility index (Phi) is 5.15. The van der Waals surface area contributed by atoms with Crippen LogP contribution in [0.5, 0.6) is 0 Å². The average molecular weight is 268 g/mol. The highest BCUT2D eigenvalue weighted by molar-refractivity contribution is 7.09. The zero-order valence-corrected chi connectivity index (χ0v) is 12.4. The highest BCUT2D eigenvalue weighted by Gasteiger charge is 2.29. The molecule has 0 bridgehead atoms. The van der Waals surface area contributed by atoms with E-state index in [1.165, 1.54) is 18.5 Å². The minimum atomic E-state index is 0.415. The van der Waals surface area contributed by atoms with E-state index in [-0.39, 0.29) is 0 Å². The first kappa shape index (κ1) is 14.0. The summed E-state index contributed by atoms with van der Waals surface area (Å²) in [6.07, 6.45) is 3.80. The number of ether oxygens (including phenoxy) is 1. The van der Waals surface area contributed by atoms with Crippen molar-refractivity contribution in [3.05, 3.63) is 16.1 Å². The Morgan fingerprint density at radius 2 is 2.44 bits per heavy atom. The van der Waals surface area contributed by atoms with E-state index in [1.54, 1.807) is 11.3 Å². The molecule has 3 unspecified atom stereocenters. The molecule has 2 rings (SSSR count). The number of hydrogen-bond donors (Lipinski definition) is 1. The smallest absolute Gasteiger partial charge is 0.0897 e. The molecule has 0 saturated carbocycles. The molecule has 2 heterocycles. The van der Waals surface area contributed by atoms with Crippen molar-refractivity contribution in [2.24, 2.45) is 5.92 Å². The van der Waals surface area contributed by atoms with E-state index < -0.39 is 0 Å². The van der Waals surface area contributed by atoms with Crippen LogP contribution >= 0.6 is 11.3 Å². The molecule has 0 amide bonds. The van der Waals surface area contributed by atoms with Crippen LogP contribution in [0.4, 0.5) is 0 Å². The van der Waals surface area contributed by atoms with Gasteiger partial charge in [-0.3, -0.25) is 0 Å². The van der Waals surface area contributed by atoms with Crippen molar-refractivity contribution in [3.8, 4) is 0 Å². The van der Waals surface area contributed by atoms with Crippen LogP contribution in [0.15, 0.2) is 5.38 Å². The lowest BCUT2D eigenvalue weighted by molar-refractivity contribution is 0.117. The van der Waals surface area contributed by atoms with Gasteiger partial charge >= 0.3 is 0 Å². The van der Waals surface area contributed by atoms with Gasteiger partial charge in [0.2, 0.25) is 0 Å². The third-order valence-electron chi connectivity index (χ3n) is 3.55. The Bertz CT molecular complexity index is 366. The lowest BCUT2D eigenvalue weighted by Gasteiger charge is -2.23. The van der Waals surface area contributed by atoms with Gasteiger partial charge in [-0.25, -0.2) is 4.98 Å². The molecule has 102 valence electrons. The number of nitrogens with one attached hydrogen (secondary N) is 1. The van der Waals surface area contributed by atoms with Crippen molar-refractivity contribution in [3.63, 3.8) is 0 Å². The molecule has 1 aromatic heterocycles. The molecule has 18 heavy (non-hydrogen) atoms. The van der Waals surface area contributed by atoms with Gasteiger partial charge in [-0.2, -0.15) is 0 Å². The van der Waals surface area contributed by atoms with Gasteiger partial charge in [-0.15, -0.1) is 11.3 Å². The minimum absolute atomic E-state index is 0.415. The van der Waals surface area contributed by atoms with E-state index in [9.17, 15) is 0 Å². The van der Waals surface area contributed by atoms with Crippen LogP contribution in [0.1, 0.15) is 37.4 Å². The topological polar surface area (TPSA) is 34.2 Å². The number of thiazole rings is 1. The van der Waals surface area contributed by atoms with Gasteiger partial charge in [-0.1, -0.05) is 6.92 Å². The van der Waals surface area contributed by atoms with Gasteiger partial charge in [0.1, 0.15) is 0 Å². The Balaban J connectivity index is 1.96. The first-order valence-corrected chi connectivity index (χ1v) is 7.83. The highest BCUT2D eigenvalue weighted by atomic mass is 32.1. The predicted octanol–water partition coefficient (Wildman–Crippen LogP) is 2.79. The van der Waals surface area contributed by atoms with E-state index in [1.807, 2.05) is 0 Å². The fourth-order valence-electron chi connectivity index (χ4n) is 2.59. The molecular weight excluding hydrogens is 244 g/mol. The predicted molar refractivity (Wildman–Crippen MR) is 76.2 cm³/mol. The number of nitrogens with zero attached hydrogens (tertiary/aromatic N) is 1. The molecule has 0 radical (unpaired) electrons. The number of hydrogen-bond acceptors (Lipinski definition) is 4. The largest absolute Gasteiger partial charge is 0.378 e. The summed E-state index contributed by atoms with van der Waals surface area (Å²) in [5, 5.41) is 7.03. The Morgan fingerprint density at radius 1 is 1.61 bits per heavy atom. The van der Waals surface area contributed by atoms with Crippen LogP contribution in [0.25, 0.3) is 0 Å². The van der Waals surface area contributed by atoms with Gasteiger partial charge < -0.3 is 10.1 Å². The Hall–Kier alpha value is -0.450. The van der Waals surface area contributed by atoms with Crippen molar-refractivity contribution in [2.75, 3.05) is 13.2 Å². The zero-order chi connectivity index (χ0) is 13.0. The van der Waals surface area contributed by atoms with Crippen LogP contribution in [0.3, 0.4) is 0 Å². The molecular formula is C14H24N2OS. The third kappa shape index (κ3) is 3.77. The van der Waals surface area contributed by atoms with Gasteiger partial charge in [0, 0.05) is 23.8 Å². The molecule has 1 saturated heterocycles. The second kappa shape index (κ2) is 6.64. The van der Waals surface area contributed by atoms with Crippen LogP contribution < -0.4 is 5.32 Å². The van der Waals surface area contributed by atoms with Gasteiger partial charge in [0.25, 0.3) is 0 Å². The molecule has 1 aliphatic rings. The van der Waals surface area contributed by atoms with Gasteiger partial charge in [0.05, 0.1) is 23.4 Å².